The SMILES string of the molecule is O=c1[nH]c(C2CC2)nc(O)c1Br. The molecule has 5 heteroatoms. The topological polar surface area (TPSA) is 66.0 Å². The Morgan fingerprint density at radius 3 is 2.75 bits per heavy atom. The van der Waals surface area contributed by atoms with E-state index in [-0.39, 0.29) is 15.9 Å². The first-order valence-electron chi connectivity index (χ1n) is 3.67. The number of aromatic amines is 1. The summed E-state index contributed by atoms with van der Waals surface area (Å²) in [6, 6.07) is 0. The molecule has 0 aromatic carbocycles. The highest BCUT2D eigenvalue weighted by Gasteiger charge is 2.27. The fraction of sp³-hybridized carbons (Fsp3) is 0.429. The maximum Gasteiger partial charge on any atom is 0.269 e. The third-order valence-electron chi connectivity index (χ3n) is 1.83. The highest BCUT2D eigenvalue weighted by atomic mass is 79.9. The summed E-state index contributed by atoms with van der Waals surface area (Å²) in [6.45, 7) is 0. The Morgan fingerprint density at radius 1 is 1.58 bits per heavy atom. The van der Waals surface area contributed by atoms with Gasteiger partial charge in [0.2, 0.25) is 5.88 Å². The molecule has 1 heterocycles. The number of aromatic nitrogens is 2. The van der Waals surface area contributed by atoms with Gasteiger partial charge in [-0.25, -0.2) is 0 Å². The summed E-state index contributed by atoms with van der Waals surface area (Å²) in [7, 11) is 0. The van der Waals surface area contributed by atoms with Crippen LogP contribution >= 0.6 is 15.9 Å². The molecular formula is C7H7BrN2O2. The van der Waals surface area contributed by atoms with Crippen LogP contribution in [0.25, 0.3) is 0 Å². The molecule has 0 unspecified atom stereocenters. The van der Waals surface area contributed by atoms with Crippen LogP contribution in [0.4, 0.5) is 0 Å². The fourth-order valence-corrected chi connectivity index (χ4v) is 1.20. The molecule has 1 aromatic rings. The highest BCUT2D eigenvalue weighted by molar-refractivity contribution is 9.10. The van der Waals surface area contributed by atoms with Gasteiger partial charge in [-0.05, 0) is 28.8 Å². The van der Waals surface area contributed by atoms with E-state index in [0.29, 0.717) is 11.7 Å². The summed E-state index contributed by atoms with van der Waals surface area (Å²) in [5.41, 5.74) is -0.315. The van der Waals surface area contributed by atoms with Crippen LogP contribution in [0.3, 0.4) is 0 Å². The molecule has 12 heavy (non-hydrogen) atoms. The molecule has 1 fully saturated rings. The van der Waals surface area contributed by atoms with Crippen LogP contribution in [0.5, 0.6) is 5.88 Å². The summed E-state index contributed by atoms with van der Waals surface area (Å²) >= 11 is 2.93. The number of hydrogen-bond acceptors (Lipinski definition) is 3. The van der Waals surface area contributed by atoms with Gasteiger partial charge < -0.3 is 10.1 Å². The normalized spacial score (nSPS) is 16.4. The van der Waals surface area contributed by atoms with Gasteiger partial charge in [0.1, 0.15) is 10.3 Å². The van der Waals surface area contributed by atoms with Crippen molar-refractivity contribution >= 4 is 15.9 Å². The molecule has 0 aliphatic heterocycles. The lowest BCUT2D eigenvalue weighted by Gasteiger charge is -1.98. The van der Waals surface area contributed by atoms with Crippen molar-refractivity contribution in [2.45, 2.75) is 18.8 Å². The van der Waals surface area contributed by atoms with Crippen LogP contribution in [0.2, 0.25) is 0 Å². The van der Waals surface area contributed by atoms with Gasteiger partial charge in [0, 0.05) is 5.92 Å². The molecule has 4 nitrogen and oxygen atoms in total. The molecule has 0 atom stereocenters. The zero-order valence-corrected chi connectivity index (χ0v) is 7.76. The van der Waals surface area contributed by atoms with Crippen molar-refractivity contribution in [2.75, 3.05) is 0 Å². The lowest BCUT2D eigenvalue weighted by molar-refractivity contribution is 0.443. The number of hydrogen-bond donors (Lipinski definition) is 2. The Morgan fingerprint density at radius 2 is 2.25 bits per heavy atom. The second kappa shape index (κ2) is 2.58. The van der Waals surface area contributed by atoms with Crippen molar-refractivity contribution < 1.29 is 5.11 Å². The van der Waals surface area contributed by atoms with E-state index in [1.54, 1.807) is 0 Å². The second-order valence-corrected chi connectivity index (χ2v) is 3.66. The first-order valence-corrected chi connectivity index (χ1v) is 4.46. The summed E-state index contributed by atoms with van der Waals surface area (Å²) in [5.74, 6) is 0.720. The molecule has 0 amide bonds. The largest absolute Gasteiger partial charge is 0.492 e. The van der Waals surface area contributed by atoms with Crippen LogP contribution in [0.15, 0.2) is 9.27 Å². The number of nitrogens with one attached hydrogen (secondary N) is 1. The Labute approximate surface area is 76.8 Å². The van der Waals surface area contributed by atoms with Gasteiger partial charge in [-0.15, -0.1) is 0 Å². The smallest absolute Gasteiger partial charge is 0.269 e. The van der Waals surface area contributed by atoms with Crippen molar-refractivity contribution in [3.63, 3.8) is 0 Å². The van der Waals surface area contributed by atoms with E-state index in [2.05, 4.69) is 25.9 Å². The van der Waals surface area contributed by atoms with E-state index in [9.17, 15) is 9.90 Å². The molecule has 2 rings (SSSR count). The molecule has 1 saturated carbocycles. The van der Waals surface area contributed by atoms with E-state index in [4.69, 9.17) is 0 Å². The molecule has 2 N–H and O–H groups in total. The molecule has 1 aromatic heterocycles. The number of halogens is 1. The van der Waals surface area contributed by atoms with Crippen LogP contribution in [0.1, 0.15) is 24.6 Å². The quantitative estimate of drug-likeness (QED) is 0.760. The zero-order chi connectivity index (χ0) is 8.72. The highest BCUT2D eigenvalue weighted by Crippen LogP contribution is 2.38. The summed E-state index contributed by atoms with van der Waals surface area (Å²) in [6.07, 6.45) is 2.09. The van der Waals surface area contributed by atoms with Gasteiger partial charge in [-0.1, -0.05) is 0 Å². The first kappa shape index (κ1) is 7.79. The van der Waals surface area contributed by atoms with Crippen molar-refractivity contribution in [2.24, 2.45) is 0 Å². The summed E-state index contributed by atoms with van der Waals surface area (Å²) < 4.78 is 0.104. The van der Waals surface area contributed by atoms with E-state index in [0.717, 1.165) is 12.8 Å². The lowest BCUT2D eigenvalue weighted by atomic mass is 10.4. The zero-order valence-electron chi connectivity index (χ0n) is 6.17. The van der Waals surface area contributed by atoms with Gasteiger partial charge in [-0.3, -0.25) is 4.79 Å². The molecule has 0 bridgehead atoms. The van der Waals surface area contributed by atoms with E-state index < -0.39 is 0 Å². The van der Waals surface area contributed by atoms with E-state index in [1.165, 1.54) is 0 Å². The van der Waals surface area contributed by atoms with E-state index >= 15 is 0 Å². The van der Waals surface area contributed by atoms with Gasteiger partial charge in [0.25, 0.3) is 5.56 Å². The lowest BCUT2D eigenvalue weighted by Crippen LogP contribution is -2.11. The minimum Gasteiger partial charge on any atom is -0.492 e. The van der Waals surface area contributed by atoms with Gasteiger partial charge in [-0.2, -0.15) is 4.98 Å². The standard InChI is InChI=1S/C7H7BrN2O2/c8-4-6(11)9-5(3-1-2-3)10-7(4)12/h3H,1-2H2,(H2,9,10,11,12). The van der Waals surface area contributed by atoms with Crippen LogP contribution < -0.4 is 5.56 Å². The van der Waals surface area contributed by atoms with Crippen LogP contribution in [0, 0.1) is 0 Å². The van der Waals surface area contributed by atoms with Crippen LogP contribution in [-0.4, -0.2) is 15.1 Å². The third-order valence-corrected chi connectivity index (χ3v) is 2.54. The predicted molar refractivity (Wildman–Crippen MR) is 46.2 cm³/mol. The Hall–Kier alpha value is -0.840. The van der Waals surface area contributed by atoms with Crippen molar-refractivity contribution in [1.82, 2.24) is 9.97 Å². The first-order chi connectivity index (χ1) is 5.68. The third kappa shape index (κ3) is 1.24. The Balaban J connectivity index is 2.53. The number of H-pyrrole nitrogens is 1. The maximum absolute atomic E-state index is 11.1. The number of aromatic hydroxyl groups is 1. The summed E-state index contributed by atoms with van der Waals surface area (Å²) in [4.78, 5) is 17.5. The summed E-state index contributed by atoms with van der Waals surface area (Å²) in [5, 5.41) is 9.18. The van der Waals surface area contributed by atoms with Crippen molar-refractivity contribution in [3.05, 3.63) is 20.7 Å². The molecular weight excluding hydrogens is 224 g/mol. The number of nitrogens with zero attached hydrogens (tertiary/aromatic N) is 1. The minimum atomic E-state index is -0.315. The minimum absolute atomic E-state index is 0.104. The van der Waals surface area contributed by atoms with Gasteiger partial charge in [0.05, 0.1) is 0 Å². The fourth-order valence-electron chi connectivity index (χ4n) is 1.01. The van der Waals surface area contributed by atoms with Crippen LogP contribution in [-0.2, 0) is 0 Å². The van der Waals surface area contributed by atoms with Crippen molar-refractivity contribution in [3.8, 4) is 5.88 Å². The monoisotopic (exact) mass is 230 g/mol. The van der Waals surface area contributed by atoms with Crippen molar-refractivity contribution in [1.29, 1.82) is 0 Å². The maximum atomic E-state index is 11.1. The average molecular weight is 231 g/mol. The second-order valence-electron chi connectivity index (χ2n) is 2.86. The van der Waals surface area contributed by atoms with Gasteiger partial charge in [0.15, 0.2) is 0 Å². The molecule has 0 saturated heterocycles. The Kier molecular flexibility index (Phi) is 1.68. The number of rotatable bonds is 1. The predicted octanol–water partition coefficient (Wildman–Crippen LogP) is 1.12. The average Bonchev–Trinajstić information content (AvgIpc) is 2.81. The van der Waals surface area contributed by atoms with Gasteiger partial charge >= 0.3 is 0 Å². The molecule has 0 radical (unpaired) electrons. The van der Waals surface area contributed by atoms with E-state index in [1.807, 2.05) is 0 Å². The molecule has 1 aliphatic rings. The molecule has 64 valence electrons. The molecule has 1 aliphatic carbocycles. The Bertz CT molecular complexity index is 370. The molecule has 0 spiro atoms.